The lowest BCUT2D eigenvalue weighted by atomic mass is 9.97. The molecule has 1 spiro atoms. The van der Waals surface area contributed by atoms with Crippen LogP contribution in [-0.2, 0) is 11.3 Å². The normalized spacial score (nSPS) is 27.8. The van der Waals surface area contributed by atoms with Gasteiger partial charge in [0.25, 0.3) is 0 Å². The first-order valence-electron chi connectivity index (χ1n) is 7.84. The lowest BCUT2D eigenvalue weighted by Crippen LogP contribution is -2.33. The van der Waals surface area contributed by atoms with Crippen molar-refractivity contribution in [1.29, 1.82) is 0 Å². The van der Waals surface area contributed by atoms with Crippen molar-refractivity contribution in [2.75, 3.05) is 25.0 Å². The van der Waals surface area contributed by atoms with Gasteiger partial charge in [-0.25, -0.2) is 14.4 Å². The van der Waals surface area contributed by atoms with E-state index in [1.54, 1.807) is 6.26 Å². The Morgan fingerprint density at radius 1 is 1.39 bits per heavy atom. The molecule has 0 aromatic carbocycles. The van der Waals surface area contributed by atoms with E-state index < -0.39 is 5.82 Å². The molecule has 0 radical (unpaired) electrons. The smallest absolute Gasteiger partial charge is 0.223 e. The van der Waals surface area contributed by atoms with E-state index in [1.165, 1.54) is 12.4 Å². The van der Waals surface area contributed by atoms with Crippen LogP contribution in [0.2, 0.25) is 0 Å². The van der Waals surface area contributed by atoms with Crippen LogP contribution in [0.15, 0.2) is 35.2 Å². The molecular formula is C16H19FN4O2. The second kappa shape index (κ2) is 5.90. The van der Waals surface area contributed by atoms with Gasteiger partial charge in [0.15, 0.2) is 5.82 Å². The van der Waals surface area contributed by atoms with Gasteiger partial charge >= 0.3 is 0 Å². The summed E-state index contributed by atoms with van der Waals surface area (Å²) in [7, 11) is 0. The lowest BCUT2D eigenvalue weighted by Gasteiger charge is -2.23. The predicted molar refractivity (Wildman–Crippen MR) is 81.3 cm³/mol. The third kappa shape index (κ3) is 3.20. The molecule has 2 aromatic rings. The van der Waals surface area contributed by atoms with E-state index in [1.807, 2.05) is 12.1 Å². The molecule has 122 valence electrons. The Morgan fingerprint density at radius 3 is 3.04 bits per heavy atom. The first kappa shape index (κ1) is 14.6. The van der Waals surface area contributed by atoms with E-state index in [0.717, 1.165) is 38.2 Å². The zero-order valence-electron chi connectivity index (χ0n) is 12.7. The van der Waals surface area contributed by atoms with Gasteiger partial charge in [0.1, 0.15) is 5.76 Å². The minimum absolute atomic E-state index is 0.107. The highest BCUT2D eigenvalue weighted by Gasteiger charge is 2.45. The molecule has 1 N–H and O–H groups in total. The standard InChI is InChI=1S/C16H19FN4O2/c17-12-7-18-15(19-8-12)20-13-6-16(23-10-13)3-4-21(11-16)9-14-2-1-5-22-14/h1-2,5,7-8,13H,3-4,6,9-11H2,(H,18,19,20)/t13-,16-/m0/s1. The number of hydrogen-bond donors (Lipinski definition) is 1. The summed E-state index contributed by atoms with van der Waals surface area (Å²) in [6.45, 7) is 3.34. The number of halogens is 1. The first-order chi connectivity index (χ1) is 11.2. The van der Waals surface area contributed by atoms with Crippen molar-refractivity contribution in [3.63, 3.8) is 0 Å². The van der Waals surface area contributed by atoms with E-state index >= 15 is 0 Å². The SMILES string of the molecule is Fc1cnc(N[C@@H]2CO[C@@]3(CCN(Cc4ccco4)C3)C2)nc1. The zero-order valence-corrected chi connectivity index (χ0v) is 12.7. The Morgan fingerprint density at radius 2 is 2.26 bits per heavy atom. The lowest BCUT2D eigenvalue weighted by molar-refractivity contribution is 0.0115. The second-order valence-electron chi connectivity index (χ2n) is 6.30. The van der Waals surface area contributed by atoms with Crippen molar-refractivity contribution in [3.05, 3.63) is 42.4 Å². The van der Waals surface area contributed by atoms with Crippen LogP contribution in [0, 0.1) is 5.82 Å². The fourth-order valence-electron chi connectivity index (χ4n) is 3.48. The maximum Gasteiger partial charge on any atom is 0.223 e. The Hall–Kier alpha value is -1.99. The molecule has 2 fully saturated rings. The molecule has 2 saturated heterocycles. The molecule has 4 rings (SSSR count). The number of likely N-dealkylation sites (tertiary alicyclic amines) is 1. The van der Waals surface area contributed by atoms with Crippen molar-refractivity contribution >= 4 is 5.95 Å². The molecule has 0 amide bonds. The summed E-state index contributed by atoms with van der Waals surface area (Å²) in [5.41, 5.74) is -0.107. The quantitative estimate of drug-likeness (QED) is 0.931. The molecule has 0 aliphatic carbocycles. The highest BCUT2D eigenvalue weighted by atomic mass is 19.1. The number of furan rings is 1. The van der Waals surface area contributed by atoms with Crippen LogP contribution in [0.5, 0.6) is 0 Å². The maximum atomic E-state index is 12.8. The fraction of sp³-hybridized carbons (Fsp3) is 0.500. The van der Waals surface area contributed by atoms with Gasteiger partial charge in [0.2, 0.25) is 5.95 Å². The highest BCUT2D eigenvalue weighted by molar-refractivity contribution is 5.26. The Balaban J connectivity index is 1.33. The number of anilines is 1. The number of rotatable bonds is 4. The average Bonchev–Trinajstić information content (AvgIpc) is 3.26. The Bertz CT molecular complexity index is 649. The maximum absolute atomic E-state index is 12.8. The van der Waals surface area contributed by atoms with E-state index in [4.69, 9.17) is 9.15 Å². The molecule has 2 aliphatic rings. The molecule has 23 heavy (non-hydrogen) atoms. The van der Waals surface area contributed by atoms with Crippen molar-refractivity contribution in [1.82, 2.24) is 14.9 Å². The number of nitrogens with zero attached hydrogens (tertiary/aromatic N) is 3. The largest absolute Gasteiger partial charge is 0.468 e. The van der Waals surface area contributed by atoms with Gasteiger partial charge < -0.3 is 14.5 Å². The van der Waals surface area contributed by atoms with Crippen LogP contribution in [-0.4, -0.2) is 46.2 Å². The molecule has 7 heteroatoms. The number of hydrogen-bond acceptors (Lipinski definition) is 6. The summed E-state index contributed by atoms with van der Waals surface area (Å²) in [4.78, 5) is 10.2. The van der Waals surface area contributed by atoms with Gasteiger partial charge in [-0.3, -0.25) is 4.90 Å². The number of ether oxygens (including phenoxy) is 1. The molecule has 4 heterocycles. The van der Waals surface area contributed by atoms with Crippen LogP contribution < -0.4 is 5.32 Å². The van der Waals surface area contributed by atoms with Gasteiger partial charge in [-0.15, -0.1) is 0 Å². The van der Waals surface area contributed by atoms with Crippen LogP contribution in [0.25, 0.3) is 0 Å². The summed E-state index contributed by atoms with van der Waals surface area (Å²) in [6.07, 6.45) is 5.96. The summed E-state index contributed by atoms with van der Waals surface area (Å²) in [5, 5.41) is 3.23. The van der Waals surface area contributed by atoms with Crippen LogP contribution in [0.1, 0.15) is 18.6 Å². The molecule has 0 unspecified atom stereocenters. The van der Waals surface area contributed by atoms with E-state index in [-0.39, 0.29) is 11.6 Å². The molecule has 6 nitrogen and oxygen atoms in total. The monoisotopic (exact) mass is 318 g/mol. The molecule has 0 bridgehead atoms. The van der Waals surface area contributed by atoms with E-state index in [9.17, 15) is 4.39 Å². The number of nitrogens with one attached hydrogen (secondary N) is 1. The third-order valence-electron chi connectivity index (χ3n) is 4.52. The number of aromatic nitrogens is 2. The average molecular weight is 318 g/mol. The Labute approximate surface area is 133 Å². The fourth-order valence-corrected chi connectivity index (χ4v) is 3.48. The predicted octanol–water partition coefficient (Wildman–Crippen LogP) is 2.05. The van der Waals surface area contributed by atoms with Crippen LogP contribution >= 0.6 is 0 Å². The molecule has 2 aromatic heterocycles. The van der Waals surface area contributed by atoms with Crippen LogP contribution in [0.3, 0.4) is 0 Å². The summed E-state index contributed by atoms with van der Waals surface area (Å²) >= 11 is 0. The first-order valence-corrected chi connectivity index (χ1v) is 7.84. The van der Waals surface area contributed by atoms with Crippen molar-refractivity contribution in [3.8, 4) is 0 Å². The van der Waals surface area contributed by atoms with Gasteiger partial charge in [-0.1, -0.05) is 0 Å². The van der Waals surface area contributed by atoms with Crippen molar-refractivity contribution in [2.24, 2.45) is 0 Å². The minimum Gasteiger partial charge on any atom is -0.468 e. The molecule has 2 atom stereocenters. The highest BCUT2D eigenvalue weighted by Crippen LogP contribution is 2.36. The van der Waals surface area contributed by atoms with Crippen LogP contribution in [0.4, 0.5) is 10.3 Å². The van der Waals surface area contributed by atoms with Gasteiger partial charge in [-0.05, 0) is 18.6 Å². The van der Waals surface area contributed by atoms with Gasteiger partial charge in [0, 0.05) is 19.5 Å². The topological polar surface area (TPSA) is 63.4 Å². The van der Waals surface area contributed by atoms with Gasteiger partial charge in [0.05, 0.1) is 43.5 Å². The summed E-state index contributed by atoms with van der Waals surface area (Å²) in [5.74, 6) is 0.996. The minimum atomic E-state index is -0.431. The molecule has 0 saturated carbocycles. The van der Waals surface area contributed by atoms with Crippen molar-refractivity contribution < 1.29 is 13.5 Å². The summed E-state index contributed by atoms with van der Waals surface area (Å²) in [6, 6.07) is 4.07. The van der Waals surface area contributed by atoms with E-state index in [2.05, 4.69) is 20.2 Å². The van der Waals surface area contributed by atoms with Gasteiger partial charge in [-0.2, -0.15) is 0 Å². The second-order valence-corrected chi connectivity index (χ2v) is 6.30. The third-order valence-corrected chi connectivity index (χ3v) is 4.52. The van der Waals surface area contributed by atoms with Crippen molar-refractivity contribution in [2.45, 2.75) is 31.0 Å². The van der Waals surface area contributed by atoms with E-state index in [0.29, 0.717) is 12.6 Å². The molecular weight excluding hydrogens is 299 g/mol. The zero-order chi connectivity index (χ0) is 15.7. The molecule has 2 aliphatic heterocycles. The Kier molecular flexibility index (Phi) is 3.74. The summed E-state index contributed by atoms with van der Waals surface area (Å²) < 4.78 is 24.4.